The van der Waals surface area contributed by atoms with E-state index >= 15 is 0 Å². The molecule has 5 nitrogen and oxygen atoms in total. The minimum Gasteiger partial charge on any atom is -0.367 e. The van der Waals surface area contributed by atoms with Gasteiger partial charge in [-0.2, -0.15) is 5.26 Å². The van der Waals surface area contributed by atoms with Gasteiger partial charge in [-0.15, -0.1) is 11.3 Å². The Morgan fingerprint density at radius 2 is 2.30 bits per heavy atom. The van der Waals surface area contributed by atoms with Crippen LogP contribution in [0.25, 0.3) is 0 Å². The minimum atomic E-state index is 0.109. The second-order valence-corrected chi connectivity index (χ2v) is 6.95. The summed E-state index contributed by atoms with van der Waals surface area (Å²) >= 11 is 1.78. The number of carbonyl (C=O) groups excluding carboxylic acids is 1. The van der Waals surface area contributed by atoms with E-state index in [2.05, 4.69) is 40.7 Å². The van der Waals surface area contributed by atoms with E-state index in [0.29, 0.717) is 30.4 Å². The van der Waals surface area contributed by atoms with Gasteiger partial charge >= 0.3 is 0 Å². The summed E-state index contributed by atoms with van der Waals surface area (Å²) in [6.45, 7) is 3.16. The van der Waals surface area contributed by atoms with Crippen molar-refractivity contribution in [1.29, 1.82) is 5.26 Å². The van der Waals surface area contributed by atoms with Crippen molar-refractivity contribution in [3.8, 4) is 6.07 Å². The van der Waals surface area contributed by atoms with E-state index in [-0.39, 0.29) is 11.8 Å². The zero-order chi connectivity index (χ0) is 16.2. The first kappa shape index (κ1) is 15.5. The van der Waals surface area contributed by atoms with Gasteiger partial charge in [0, 0.05) is 40.9 Å². The Morgan fingerprint density at radius 3 is 3.04 bits per heavy atom. The lowest BCUT2D eigenvalue weighted by atomic mass is 10.2. The van der Waals surface area contributed by atoms with Gasteiger partial charge in [0.2, 0.25) is 5.91 Å². The fraction of sp³-hybridized carbons (Fsp3) is 0.353. The first-order valence-electron chi connectivity index (χ1n) is 7.62. The van der Waals surface area contributed by atoms with Crippen molar-refractivity contribution in [3.05, 3.63) is 45.8 Å². The highest BCUT2D eigenvalue weighted by Crippen LogP contribution is 2.49. The molecule has 1 saturated carbocycles. The summed E-state index contributed by atoms with van der Waals surface area (Å²) in [5.74, 6) is 1.17. The van der Waals surface area contributed by atoms with Crippen molar-refractivity contribution in [1.82, 2.24) is 10.3 Å². The predicted molar refractivity (Wildman–Crippen MR) is 90.4 cm³/mol. The smallest absolute Gasteiger partial charge is 0.223 e. The summed E-state index contributed by atoms with van der Waals surface area (Å²) in [5.41, 5.74) is 0.508. The van der Waals surface area contributed by atoms with Crippen molar-refractivity contribution >= 4 is 23.1 Å². The Balaban J connectivity index is 1.42. The van der Waals surface area contributed by atoms with Crippen LogP contribution in [0, 0.1) is 24.2 Å². The standard InChI is InChI=1S/C17H18N4OS/c1-11-4-5-15(23-11)13-9-14(13)17(22)21-8-7-20-16-12(10-18)3-2-6-19-16/h2-6,13-14H,7-9H2,1H3,(H,19,20)(H,21,22)/t13-,14+/m0/s1. The Labute approximate surface area is 139 Å². The second kappa shape index (κ2) is 6.80. The molecule has 0 saturated heterocycles. The Bertz CT molecular complexity index is 749. The number of pyridine rings is 1. The molecule has 2 heterocycles. The first-order valence-corrected chi connectivity index (χ1v) is 8.43. The maximum Gasteiger partial charge on any atom is 0.223 e. The summed E-state index contributed by atoms with van der Waals surface area (Å²) in [6, 6.07) is 9.77. The molecule has 1 fully saturated rings. The van der Waals surface area contributed by atoms with Crippen LogP contribution in [0.1, 0.15) is 27.7 Å². The molecule has 2 aromatic rings. The van der Waals surface area contributed by atoms with Crippen LogP contribution in [0.15, 0.2) is 30.5 Å². The zero-order valence-electron chi connectivity index (χ0n) is 12.9. The van der Waals surface area contributed by atoms with Crippen LogP contribution in [-0.2, 0) is 4.79 Å². The fourth-order valence-electron chi connectivity index (χ4n) is 2.59. The molecule has 23 heavy (non-hydrogen) atoms. The molecule has 2 N–H and O–H groups in total. The Hall–Kier alpha value is -2.39. The number of hydrogen-bond acceptors (Lipinski definition) is 5. The average Bonchev–Trinajstić information content (AvgIpc) is 3.26. The van der Waals surface area contributed by atoms with Crippen LogP contribution >= 0.6 is 11.3 Å². The molecular formula is C17H18N4OS. The van der Waals surface area contributed by atoms with E-state index in [0.717, 1.165) is 6.42 Å². The number of hydrogen-bond donors (Lipinski definition) is 2. The average molecular weight is 326 g/mol. The molecule has 0 unspecified atom stereocenters. The van der Waals surface area contributed by atoms with Crippen LogP contribution in [-0.4, -0.2) is 24.0 Å². The number of rotatable bonds is 6. The normalized spacial score (nSPS) is 19.0. The summed E-state index contributed by atoms with van der Waals surface area (Å²) in [5, 5.41) is 15.0. The van der Waals surface area contributed by atoms with Gasteiger partial charge in [-0.05, 0) is 37.6 Å². The van der Waals surface area contributed by atoms with Gasteiger partial charge in [0.15, 0.2) is 0 Å². The van der Waals surface area contributed by atoms with E-state index < -0.39 is 0 Å². The molecule has 2 atom stereocenters. The highest BCUT2D eigenvalue weighted by Gasteiger charge is 2.44. The molecule has 1 amide bonds. The van der Waals surface area contributed by atoms with E-state index in [4.69, 9.17) is 5.26 Å². The zero-order valence-corrected chi connectivity index (χ0v) is 13.7. The molecule has 0 aliphatic heterocycles. The minimum absolute atomic E-state index is 0.109. The first-order chi connectivity index (χ1) is 11.2. The number of carbonyl (C=O) groups is 1. The molecule has 3 rings (SSSR count). The summed E-state index contributed by atoms with van der Waals surface area (Å²) < 4.78 is 0. The largest absolute Gasteiger partial charge is 0.367 e. The van der Waals surface area contributed by atoms with Crippen molar-refractivity contribution in [2.45, 2.75) is 19.3 Å². The monoisotopic (exact) mass is 326 g/mol. The molecule has 118 valence electrons. The number of nitrogens with zero attached hydrogens (tertiary/aromatic N) is 2. The van der Waals surface area contributed by atoms with E-state index in [9.17, 15) is 4.79 Å². The molecule has 2 aromatic heterocycles. The maximum absolute atomic E-state index is 12.1. The lowest BCUT2D eigenvalue weighted by molar-refractivity contribution is -0.122. The van der Waals surface area contributed by atoms with Crippen molar-refractivity contribution in [2.75, 3.05) is 18.4 Å². The van der Waals surface area contributed by atoms with E-state index in [1.165, 1.54) is 9.75 Å². The SMILES string of the molecule is Cc1ccc([C@H]2C[C@H]2C(=O)NCCNc2ncccc2C#N)s1. The molecule has 0 spiro atoms. The highest BCUT2D eigenvalue weighted by molar-refractivity contribution is 7.12. The molecule has 1 aliphatic carbocycles. The maximum atomic E-state index is 12.1. The van der Waals surface area contributed by atoms with Gasteiger partial charge in [-0.25, -0.2) is 4.98 Å². The van der Waals surface area contributed by atoms with Crippen molar-refractivity contribution < 1.29 is 4.79 Å². The van der Waals surface area contributed by atoms with Crippen molar-refractivity contribution in [2.24, 2.45) is 5.92 Å². The van der Waals surface area contributed by atoms with Gasteiger partial charge < -0.3 is 10.6 Å². The molecule has 6 heteroatoms. The number of aromatic nitrogens is 1. The number of nitriles is 1. The fourth-order valence-corrected chi connectivity index (χ4v) is 3.64. The van der Waals surface area contributed by atoms with E-state index in [1.807, 2.05) is 0 Å². The molecule has 1 aliphatic rings. The van der Waals surface area contributed by atoms with Gasteiger partial charge in [-0.1, -0.05) is 0 Å². The van der Waals surface area contributed by atoms with Gasteiger partial charge in [0.05, 0.1) is 5.56 Å². The van der Waals surface area contributed by atoms with Gasteiger partial charge in [0.25, 0.3) is 0 Å². The number of thiophene rings is 1. The lowest BCUT2D eigenvalue weighted by Crippen LogP contribution is -2.30. The van der Waals surface area contributed by atoms with Gasteiger partial charge in [0.1, 0.15) is 11.9 Å². The number of amides is 1. The summed E-state index contributed by atoms with van der Waals surface area (Å²) in [7, 11) is 0. The quantitative estimate of drug-likeness (QED) is 0.800. The third-order valence-electron chi connectivity index (χ3n) is 3.90. The third kappa shape index (κ3) is 3.69. The van der Waals surface area contributed by atoms with Crippen molar-refractivity contribution in [3.63, 3.8) is 0 Å². The summed E-state index contributed by atoms with van der Waals surface area (Å²) in [6.07, 6.45) is 2.58. The third-order valence-corrected chi connectivity index (χ3v) is 5.03. The topological polar surface area (TPSA) is 77.8 Å². The molecule has 0 bridgehead atoms. The lowest BCUT2D eigenvalue weighted by Gasteiger charge is -2.08. The number of anilines is 1. The number of aryl methyl sites for hydroxylation is 1. The van der Waals surface area contributed by atoms with Crippen LogP contribution in [0.3, 0.4) is 0 Å². The predicted octanol–water partition coefficient (Wildman–Crippen LogP) is 2.66. The van der Waals surface area contributed by atoms with Crippen LogP contribution in [0.2, 0.25) is 0 Å². The van der Waals surface area contributed by atoms with E-state index in [1.54, 1.807) is 29.7 Å². The molecule has 0 radical (unpaired) electrons. The number of nitrogens with one attached hydrogen (secondary N) is 2. The van der Waals surface area contributed by atoms with Crippen LogP contribution in [0.4, 0.5) is 5.82 Å². The molecular weight excluding hydrogens is 308 g/mol. The molecule has 0 aromatic carbocycles. The summed E-state index contributed by atoms with van der Waals surface area (Å²) in [4.78, 5) is 18.9. The highest BCUT2D eigenvalue weighted by atomic mass is 32.1. The second-order valence-electron chi connectivity index (χ2n) is 5.63. The Kier molecular flexibility index (Phi) is 4.58. The van der Waals surface area contributed by atoms with Gasteiger partial charge in [-0.3, -0.25) is 4.79 Å². The van der Waals surface area contributed by atoms with Crippen LogP contribution < -0.4 is 10.6 Å². The van der Waals surface area contributed by atoms with Crippen LogP contribution in [0.5, 0.6) is 0 Å². The Morgan fingerprint density at radius 1 is 1.43 bits per heavy atom.